The topological polar surface area (TPSA) is 73.8 Å². The van der Waals surface area contributed by atoms with Gasteiger partial charge in [-0.05, 0) is 18.2 Å². The summed E-state index contributed by atoms with van der Waals surface area (Å²) in [7, 11) is -3.67. The summed E-state index contributed by atoms with van der Waals surface area (Å²) in [6.45, 7) is 4.09. The zero-order chi connectivity index (χ0) is 14.2. The van der Waals surface area contributed by atoms with E-state index in [9.17, 15) is 8.42 Å². The maximum Gasteiger partial charge on any atom is 0.286 e. The van der Waals surface area contributed by atoms with Crippen LogP contribution in [0.2, 0.25) is 5.02 Å². The van der Waals surface area contributed by atoms with Crippen LogP contribution in [-0.2, 0) is 10.0 Å². The highest BCUT2D eigenvalue weighted by Gasteiger charge is 2.26. The molecule has 0 spiro atoms. The molecule has 21 heavy (non-hydrogen) atoms. The Balaban J connectivity index is 0.00000161. The maximum atomic E-state index is 12.2. The van der Waals surface area contributed by atoms with Crippen LogP contribution < -0.4 is 10.6 Å². The number of nitrogens with one attached hydrogen (secondary N) is 2. The summed E-state index contributed by atoms with van der Waals surface area (Å²) in [5.41, 5.74) is 0.537. The van der Waals surface area contributed by atoms with E-state index in [2.05, 4.69) is 19.9 Å². The van der Waals surface area contributed by atoms with Crippen LogP contribution in [-0.4, -0.2) is 51.9 Å². The van der Waals surface area contributed by atoms with Gasteiger partial charge in [0.2, 0.25) is 0 Å². The highest BCUT2D eigenvalue weighted by molar-refractivity contribution is 7.90. The second-order valence-electron chi connectivity index (χ2n) is 4.80. The number of hydrogen-bond acceptors (Lipinski definition) is 5. The molecule has 6 nitrogen and oxygen atoms in total. The Labute approximate surface area is 135 Å². The van der Waals surface area contributed by atoms with Gasteiger partial charge >= 0.3 is 0 Å². The van der Waals surface area contributed by atoms with Crippen molar-refractivity contribution in [2.75, 3.05) is 38.0 Å². The number of piperazine rings is 1. The van der Waals surface area contributed by atoms with Gasteiger partial charge in [-0.25, -0.2) is 0 Å². The molecule has 0 unspecified atom stereocenters. The Morgan fingerprint density at radius 1 is 1.29 bits per heavy atom. The van der Waals surface area contributed by atoms with E-state index < -0.39 is 10.0 Å². The number of halogens is 2. The summed E-state index contributed by atoms with van der Waals surface area (Å²) in [4.78, 5) is 2.30. The molecule has 0 aliphatic carbocycles. The summed E-state index contributed by atoms with van der Waals surface area (Å²) < 4.78 is 28.2. The van der Waals surface area contributed by atoms with Crippen molar-refractivity contribution in [3.05, 3.63) is 23.2 Å². The van der Waals surface area contributed by atoms with Gasteiger partial charge in [0, 0.05) is 31.2 Å². The first kappa shape index (κ1) is 16.5. The summed E-state index contributed by atoms with van der Waals surface area (Å²) in [5, 5.41) is 6.72. The minimum atomic E-state index is -3.67. The number of fused-ring (bicyclic) bond motifs is 1. The molecule has 0 saturated carbocycles. The first-order chi connectivity index (χ1) is 9.54. The van der Waals surface area contributed by atoms with E-state index in [1.807, 2.05) is 0 Å². The lowest BCUT2D eigenvalue weighted by Crippen LogP contribution is -2.47. The van der Waals surface area contributed by atoms with Gasteiger partial charge in [0.25, 0.3) is 10.0 Å². The third-order valence-corrected chi connectivity index (χ3v) is 4.90. The average molecular weight is 351 g/mol. The molecule has 1 fully saturated rings. The molecule has 0 amide bonds. The Morgan fingerprint density at radius 2 is 2.00 bits per heavy atom. The fourth-order valence-electron chi connectivity index (χ4n) is 2.33. The highest BCUT2D eigenvalue weighted by Crippen LogP contribution is 2.29. The molecular formula is C12H16Cl2N4O2S. The van der Waals surface area contributed by atoms with Gasteiger partial charge in [-0.1, -0.05) is 11.6 Å². The van der Waals surface area contributed by atoms with Gasteiger partial charge < -0.3 is 10.6 Å². The van der Waals surface area contributed by atoms with Gasteiger partial charge in [-0.3, -0.25) is 4.90 Å². The van der Waals surface area contributed by atoms with Crippen molar-refractivity contribution in [2.24, 2.45) is 4.40 Å². The standard InChI is InChI=1S/C12H15ClN4O2S.ClH/c13-9-1-2-10-11(7-9)20(18,19)16-12(15-10)8-17-5-3-14-4-6-17;/h1-2,7,14H,3-6,8H2,(H,15,16);1H. The lowest BCUT2D eigenvalue weighted by atomic mass is 10.3. The molecule has 116 valence electrons. The molecule has 9 heteroatoms. The van der Waals surface area contributed by atoms with E-state index in [0.717, 1.165) is 26.2 Å². The number of amidine groups is 1. The van der Waals surface area contributed by atoms with E-state index in [1.165, 1.54) is 6.07 Å². The van der Waals surface area contributed by atoms with Crippen molar-refractivity contribution in [1.82, 2.24) is 10.2 Å². The van der Waals surface area contributed by atoms with Crippen molar-refractivity contribution in [1.29, 1.82) is 0 Å². The van der Waals surface area contributed by atoms with Crippen LogP contribution in [0.3, 0.4) is 0 Å². The van der Waals surface area contributed by atoms with Crippen molar-refractivity contribution in [2.45, 2.75) is 4.90 Å². The Kier molecular flexibility index (Phi) is 5.11. The van der Waals surface area contributed by atoms with E-state index >= 15 is 0 Å². The fraction of sp³-hybridized carbons (Fsp3) is 0.417. The molecule has 0 aromatic heterocycles. The quantitative estimate of drug-likeness (QED) is 0.837. The molecule has 2 N–H and O–H groups in total. The number of hydrogen-bond donors (Lipinski definition) is 2. The summed E-state index contributed by atoms with van der Waals surface area (Å²) in [6.07, 6.45) is 0. The van der Waals surface area contributed by atoms with Crippen LogP contribution in [0.1, 0.15) is 0 Å². The second-order valence-corrected chi connectivity index (χ2v) is 6.81. The molecule has 2 aliphatic heterocycles. The Morgan fingerprint density at radius 3 is 2.71 bits per heavy atom. The molecular weight excluding hydrogens is 335 g/mol. The largest absolute Gasteiger partial charge is 0.341 e. The predicted octanol–water partition coefficient (Wildman–Crippen LogP) is 1.18. The zero-order valence-corrected chi connectivity index (χ0v) is 13.6. The van der Waals surface area contributed by atoms with Gasteiger partial charge in [-0.2, -0.15) is 8.42 Å². The van der Waals surface area contributed by atoms with Crippen LogP contribution in [0.25, 0.3) is 0 Å². The van der Waals surface area contributed by atoms with Gasteiger partial charge in [-0.15, -0.1) is 16.8 Å². The van der Waals surface area contributed by atoms with Gasteiger partial charge in [0.05, 0.1) is 12.2 Å². The lowest BCUT2D eigenvalue weighted by Gasteiger charge is -2.28. The maximum absolute atomic E-state index is 12.2. The molecule has 0 atom stereocenters. The number of sulfonamides is 1. The zero-order valence-electron chi connectivity index (χ0n) is 11.2. The first-order valence-corrected chi connectivity index (χ1v) is 8.20. The number of nitrogens with zero attached hydrogens (tertiary/aromatic N) is 2. The molecule has 2 heterocycles. The van der Waals surface area contributed by atoms with Crippen LogP contribution >= 0.6 is 24.0 Å². The summed E-state index contributed by atoms with van der Waals surface area (Å²) in [5.74, 6) is 0.460. The van der Waals surface area contributed by atoms with Crippen LogP contribution in [0.5, 0.6) is 0 Å². The van der Waals surface area contributed by atoms with Crippen molar-refractivity contribution in [3.8, 4) is 0 Å². The van der Waals surface area contributed by atoms with Crippen molar-refractivity contribution in [3.63, 3.8) is 0 Å². The number of rotatable bonds is 2. The summed E-state index contributed by atoms with van der Waals surface area (Å²) in [6, 6.07) is 4.75. The predicted molar refractivity (Wildman–Crippen MR) is 86.3 cm³/mol. The summed E-state index contributed by atoms with van der Waals surface area (Å²) >= 11 is 5.84. The normalized spacial score (nSPS) is 20.7. The molecule has 0 radical (unpaired) electrons. The van der Waals surface area contributed by atoms with E-state index in [0.29, 0.717) is 23.1 Å². The number of anilines is 1. The second kappa shape index (κ2) is 6.50. The third kappa shape index (κ3) is 3.67. The SMILES string of the molecule is Cl.O=S1(=O)N=C(CN2CCNCC2)Nc2ccc(Cl)cc21. The number of benzene rings is 1. The van der Waals surface area contributed by atoms with Crippen LogP contribution in [0, 0.1) is 0 Å². The minimum absolute atomic E-state index is 0. The minimum Gasteiger partial charge on any atom is -0.341 e. The van der Waals surface area contributed by atoms with E-state index in [1.54, 1.807) is 12.1 Å². The first-order valence-electron chi connectivity index (χ1n) is 6.38. The lowest BCUT2D eigenvalue weighted by molar-refractivity contribution is 0.272. The van der Waals surface area contributed by atoms with Gasteiger partial charge in [0.1, 0.15) is 10.7 Å². The van der Waals surface area contributed by atoms with Crippen LogP contribution in [0.4, 0.5) is 5.69 Å². The van der Waals surface area contributed by atoms with Crippen molar-refractivity contribution >= 4 is 45.6 Å². The molecule has 3 rings (SSSR count). The Bertz CT molecular complexity index is 657. The fourth-order valence-corrected chi connectivity index (χ4v) is 3.74. The van der Waals surface area contributed by atoms with E-state index in [-0.39, 0.29) is 17.3 Å². The third-order valence-electron chi connectivity index (χ3n) is 3.31. The monoisotopic (exact) mass is 350 g/mol. The van der Waals surface area contributed by atoms with Gasteiger partial charge in [0.15, 0.2) is 0 Å². The molecule has 1 saturated heterocycles. The molecule has 1 aromatic carbocycles. The smallest absolute Gasteiger partial charge is 0.286 e. The molecule has 0 bridgehead atoms. The van der Waals surface area contributed by atoms with E-state index in [4.69, 9.17) is 11.6 Å². The highest BCUT2D eigenvalue weighted by atomic mass is 35.5. The van der Waals surface area contributed by atoms with Crippen LogP contribution in [0.15, 0.2) is 27.5 Å². The Hall–Kier alpha value is -0.860. The average Bonchev–Trinajstić information content (AvgIpc) is 2.40. The molecule has 1 aromatic rings. The van der Waals surface area contributed by atoms with Crippen molar-refractivity contribution < 1.29 is 8.42 Å². The molecule has 2 aliphatic rings.